The van der Waals surface area contributed by atoms with Crippen molar-refractivity contribution in [1.29, 1.82) is 0 Å². The van der Waals surface area contributed by atoms with Gasteiger partial charge in [0, 0.05) is 0 Å². The highest BCUT2D eigenvalue weighted by atomic mass is 19.4. The Bertz CT molecular complexity index is 264. The van der Waals surface area contributed by atoms with Crippen LogP contribution in [0.4, 0.5) is 13.2 Å². The Morgan fingerprint density at radius 1 is 1.07 bits per heavy atom. The van der Waals surface area contributed by atoms with Crippen LogP contribution in [0.15, 0.2) is 24.3 Å². The van der Waals surface area contributed by atoms with Crippen LogP contribution in [0.1, 0.15) is 24.5 Å². The molecular weight excluding hydrogens is 191 g/mol. The molecule has 0 unspecified atom stereocenters. The smallest absolute Gasteiger partial charge is 0.344 e. The first-order valence-electron chi connectivity index (χ1n) is 4.20. The van der Waals surface area contributed by atoms with Crippen LogP contribution in [0.25, 0.3) is 0 Å². The van der Waals surface area contributed by atoms with Gasteiger partial charge in [0.05, 0.1) is 5.56 Å². The van der Waals surface area contributed by atoms with Crippen LogP contribution in [0.2, 0.25) is 0 Å². The first-order chi connectivity index (χ1) is 6.04. The summed E-state index contributed by atoms with van der Waals surface area (Å²) in [5, 5.41) is 0. The third kappa shape index (κ3) is 3.38. The van der Waals surface area contributed by atoms with Crippen LogP contribution >= 0.6 is 0 Å². The summed E-state index contributed by atoms with van der Waals surface area (Å²) in [5.74, 6) is 0. The normalized spacial score (nSPS) is 10.9. The highest BCUT2D eigenvalue weighted by Gasteiger charge is 2.29. The van der Waals surface area contributed by atoms with E-state index in [0.717, 1.165) is 30.5 Å². The van der Waals surface area contributed by atoms with Crippen molar-refractivity contribution in [2.45, 2.75) is 25.9 Å². The molecule has 0 spiro atoms. The minimum atomic E-state index is -4.22. The fourth-order valence-electron chi connectivity index (χ4n) is 1.15. The van der Waals surface area contributed by atoms with Crippen molar-refractivity contribution < 1.29 is 13.2 Å². The van der Waals surface area contributed by atoms with Crippen molar-refractivity contribution >= 4 is 0 Å². The minimum absolute atomic E-state index is 0. The molecule has 0 aliphatic carbocycles. The molecule has 1 aromatic carbocycles. The Morgan fingerprint density at radius 2 is 1.57 bits per heavy atom. The van der Waals surface area contributed by atoms with E-state index in [1.54, 1.807) is 0 Å². The first-order valence-corrected chi connectivity index (χ1v) is 4.20. The molecule has 14 heavy (non-hydrogen) atoms. The van der Waals surface area contributed by atoms with Gasteiger partial charge in [0.15, 0.2) is 0 Å². The topological polar surface area (TPSA) is 35.0 Å². The molecule has 1 rings (SSSR count). The van der Waals surface area contributed by atoms with Gasteiger partial charge in [-0.1, -0.05) is 25.5 Å². The number of hydrogen-bond acceptors (Lipinski definition) is 1. The van der Waals surface area contributed by atoms with Gasteiger partial charge in [-0.25, -0.2) is 0 Å². The lowest BCUT2D eigenvalue weighted by Crippen LogP contribution is -2.04. The second-order valence-electron chi connectivity index (χ2n) is 2.94. The summed E-state index contributed by atoms with van der Waals surface area (Å²) >= 11 is 0. The maximum Gasteiger partial charge on any atom is 0.416 e. The van der Waals surface area contributed by atoms with Gasteiger partial charge in [-0.05, 0) is 24.1 Å². The van der Waals surface area contributed by atoms with Gasteiger partial charge >= 0.3 is 6.18 Å². The lowest BCUT2D eigenvalue weighted by Gasteiger charge is -2.06. The Labute approximate surface area is 81.5 Å². The molecule has 0 heterocycles. The molecule has 0 fully saturated rings. The largest absolute Gasteiger partial charge is 0.416 e. The van der Waals surface area contributed by atoms with Crippen molar-refractivity contribution in [3.05, 3.63) is 35.4 Å². The standard InChI is InChI=1S/C10H11F3.H3N/c1-2-3-8-4-6-9(7-5-8)10(11,12)13;/h4-7H,2-3H2,1H3;1H3. The van der Waals surface area contributed by atoms with Crippen LogP contribution in [0.3, 0.4) is 0 Å². The third-order valence-electron chi connectivity index (χ3n) is 1.82. The molecular formula is C10H14F3N. The average molecular weight is 205 g/mol. The Kier molecular flexibility index (Phi) is 4.63. The highest BCUT2D eigenvalue weighted by molar-refractivity contribution is 5.24. The van der Waals surface area contributed by atoms with Gasteiger partial charge in [0.2, 0.25) is 0 Å². The lowest BCUT2D eigenvalue weighted by molar-refractivity contribution is -0.137. The monoisotopic (exact) mass is 205 g/mol. The van der Waals surface area contributed by atoms with E-state index in [4.69, 9.17) is 0 Å². The zero-order valence-electron chi connectivity index (χ0n) is 8.06. The summed E-state index contributed by atoms with van der Waals surface area (Å²) < 4.78 is 36.3. The van der Waals surface area contributed by atoms with Gasteiger partial charge < -0.3 is 6.15 Å². The van der Waals surface area contributed by atoms with Crippen LogP contribution in [-0.4, -0.2) is 0 Å². The fraction of sp³-hybridized carbons (Fsp3) is 0.400. The summed E-state index contributed by atoms with van der Waals surface area (Å²) in [4.78, 5) is 0. The molecule has 1 aromatic rings. The van der Waals surface area contributed by atoms with Crippen LogP contribution in [0.5, 0.6) is 0 Å². The Balaban J connectivity index is 0.00000169. The van der Waals surface area contributed by atoms with E-state index in [-0.39, 0.29) is 6.15 Å². The predicted molar refractivity (Wildman–Crippen MR) is 50.5 cm³/mol. The number of benzene rings is 1. The molecule has 0 atom stereocenters. The summed E-state index contributed by atoms with van der Waals surface area (Å²) in [6.45, 7) is 2.00. The third-order valence-corrected chi connectivity index (χ3v) is 1.82. The van der Waals surface area contributed by atoms with Crippen LogP contribution in [0, 0.1) is 0 Å². The van der Waals surface area contributed by atoms with Crippen LogP contribution < -0.4 is 6.15 Å². The second kappa shape index (κ2) is 5.00. The molecule has 0 aromatic heterocycles. The summed E-state index contributed by atoms with van der Waals surface area (Å²) in [7, 11) is 0. The average Bonchev–Trinajstić information content (AvgIpc) is 2.04. The molecule has 80 valence electrons. The Morgan fingerprint density at radius 3 is 1.93 bits per heavy atom. The number of alkyl halides is 3. The van der Waals surface area contributed by atoms with Gasteiger partial charge in [-0.2, -0.15) is 13.2 Å². The van der Waals surface area contributed by atoms with Crippen molar-refractivity contribution in [3.63, 3.8) is 0 Å². The lowest BCUT2D eigenvalue weighted by atomic mass is 10.1. The minimum Gasteiger partial charge on any atom is -0.344 e. The zero-order valence-corrected chi connectivity index (χ0v) is 8.06. The summed E-state index contributed by atoms with van der Waals surface area (Å²) in [6, 6.07) is 5.33. The number of halogens is 3. The van der Waals surface area contributed by atoms with E-state index in [0.29, 0.717) is 0 Å². The molecule has 3 N–H and O–H groups in total. The van der Waals surface area contributed by atoms with Crippen LogP contribution in [-0.2, 0) is 12.6 Å². The molecule has 0 amide bonds. The molecule has 1 nitrogen and oxygen atoms in total. The quantitative estimate of drug-likeness (QED) is 0.782. The van der Waals surface area contributed by atoms with E-state index in [1.165, 1.54) is 12.1 Å². The molecule has 4 heteroatoms. The fourth-order valence-corrected chi connectivity index (χ4v) is 1.15. The van der Waals surface area contributed by atoms with E-state index < -0.39 is 11.7 Å². The predicted octanol–water partition coefficient (Wildman–Crippen LogP) is 3.82. The first kappa shape index (κ1) is 13.0. The number of aryl methyl sites for hydroxylation is 1. The maximum atomic E-state index is 12.1. The van der Waals surface area contributed by atoms with Crippen molar-refractivity contribution in [2.75, 3.05) is 0 Å². The molecule has 0 saturated carbocycles. The summed E-state index contributed by atoms with van der Waals surface area (Å²) in [5.41, 5.74) is 0.378. The Hall–Kier alpha value is -1.03. The van der Waals surface area contributed by atoms with Crippen molar-refractivity contribution in [3.8, 4) is 0 Å². The molecule has 0 bridgehead atoms. The van der Waals surface area contributed by atoms with Crippen molar-refractivity contribution in [2.24, 2.45) is 0 Å². The molecule has 0 radical (unpaired) electrons. The van der Waals surface area contributed by atoms with E-state index in [1.807, 2.05) is 6.92 Å². The molecule has 0 aliphatic heterocycles. The van der Waals surface area contributed by atoms with E-state index in [2.05, 4.69) is 0 Å². The maximum absolute atomic E-state index is 12.1. The van der Waals surface area contributed by atoms with E-state index in [9.17, 15) is 13.2 Å². The summed E-state index contributed by atoms with van der Waals surface area (Å²) in [6.07, 6.45) is -2.44. The number of hydrogen-bond donors (Lipinski definition) is 1. The van der Waals surface area contributed by atoms with Crippen molar-refractivity contribution in [1.82, 2.24) is 6.15 Å². The molecule has 0 aliphatic rings. The number of rotatable bonds is 2. The second-order valence-corrected chi connectivity index (χ2v) is 2.94. The van der Waals surface area contributed by atoms with Gasteiger partial charge in [0.25, 0.3) is 0 Å². The molecule has 0 saturated heterocycles. The van der Waals surface area contributed by atoms with Gasteiger partial charge in [-0.3, -0.25) is 0 Å². The van der Waals surface area contributed by atoms with E-state index >= 15 is 0 Å². The zero-order chi connectivity index (χ0) is 9.90. The van der Waals surface area contributed by atoms with Gasteiger partial charge in [-0.15, -0.1) is 0 Å². The van der Waals surface area contributed by atoms with Gasteiger partial charge in [0.1, 0.15) is 0 Å². The SMILES string of the molecule is CCCc1ccc(C(F)(F)F)cc1.N. The highest BCUT2D eigenvalue weighted by Crippen LogP contribution is 2.29.